The second-order valence-electron chi connectivity index (χ2n) is 23.9. The van der Waals surface area contributed by atoms with Crippen molar-refractivity contribution >= 4 is 5.91 Å². The van der Waals surface area contributed by atoms with E-state index in [4.69, 9.17) is 28.4 Å². The first-order chi connectivity index (χ1) is 42.8. The van der Waals surface area contributed by atoms with Crippen LogP contribution in [0.25, 0.3) is 0 Å². The minimum atomic E-state index is -1.99. The Morgan fingerprint density at radius 2 is 0.795 bits per heavy atom. The lowest BCUT2D eigenvalue weighted by Crippen LogP contribution is -2.66. The first-order valence-electron chi connectivity index (χ1n) is 33.8. The Morgan fingerprint density at radius 1 is 0.420 bits per heavy atom. The molecule has 12 N–H and O–H groups in total. The van der Waals surface area contributed by atoms with Gasteiger partial charge in [-0.1, -0.05) is 208 Å². The Kier molecular flexibility index (Phi) is 45.5. The van der Waals surface area contributed by atoms with Crippen LogP contribution in [0.2, 0.25) is 0 Å². The van der Waals surface area contributed by atoms with Gasteiger partial charge >= 0.3 is 0 Å². The number of aliphatic hydroxyl groups is 11. The van der Waals surface area contributed by atoms with Gasteiger partial charge in [0.05, 0.1) is 38.6 Å². The Labute approximate surface area is 527 Å². The molecule has 0 radical (unpaired) electrons. The van der Waals surface area contributed by atoms with E-state index in [-0.39, 0.29) is 18.9 Å². The average molecular weight is 1250 g/mol. The van der Waals surface area contributed by atoms with Crippen molar-refractivity contribution in [1.82, 2.24) is 5.32 Å². The van der Waals surface area contributed by atoms with Crippen LogP contribution in [-0.4, -0.2) is 193 Å². The number of nitrogens with one attached hydrogen (secondary N) is 1. The molecule has 0 spiro atoms. The first-order valence-corrected chi connectivity index (χ1v) is 33.8. The van der Waals surface area contributed by atoms with E-state index < -0.39 is 124 Å². The number of carbonyl (C=O) groups excluding carboxylic acids is 1. The van der Waals surface area contributed by atoms with E-state index in [2.05, 4.69) is 92.1 Å². The minimum Gasteiger partial charge on any atom is -0.394 e. The third-order valence-corrected chi connectivity index (χ3v) is 16.4. The van der Waals surface area contributed by atoms with Gasteiger partial charge in [-0.05, 0) is 83.5 Å². The summed E-state index contributed by atoms with van der Waals surface area (Å²) in [5.74, 6) is -0.295. The Morgan fingerprint density at radius 3 is 1.27 bits per heavy atom. The summed E-state index contributed by atoms with van der Waals surface area (Å²) >= 11 is 0. The normalized spacial score (nSPS) is 28.9. The van der Waals surface area contributed by atoms with Gasteiger partial charge in [0.15, 0.2) is 18.9 Å². The molecule has 17 atom stereocenters. The number of carbonyl (C=O) groups is 1. The maximum absolute atomic E-state index is 13.4. The van der Waals surface area contributed by atoms with Gasteiger partial charge in [-0.2, -0.15) is 0 Å². The molecule has 0 saturated carbocycles. The fraction of sp³-hybridized carbons (Fsp3) is 0.783. The van der Waals surface area contributed by atoms with Gasteiger partial charge in [-0.25, -0.2) is 0 Å². The van der Waals surface area contributed by atoms with Crippen molar-refractivity contribution < 1.29 is 89.4 Å². The molecule has 88 heavy (non-hydrogen) atoms. The molecule has 3 fully saturated rings. The summed E-state index contributed by atoms with van der Waals surface area (Å²) in [7, 11) is 0. The molecular weight excluding hydrogens is 1130 g/mol. The third kappa shape index (κ3) is 32.5. The maximum atomic E-state index is 13.4. The molecule has 0 bridgehead atoms. The summed E-state index contributed by atoms with van der Waals surface area (Å²) in [4.78, 5) is 13.4. The molecule has 19 nitrogen and oxygen atoms in total. The molecule has 17 unspecified atom stereocenters. The van der Waals surface area contributed by atoms with Gasteiger partial charge in [-0.15, -0.1) is 0 Å². The van der Waals surface area contributed by atoms with Crippen molar-refractivity contribution in [1.29, 1.82) is 0 Å². The van der Waals surface area contributed by atoms with Crippen LogP contribution in [0.1, 0.15) is 213 Å². The smallest absolute Gasteiger partial charge is 0.220 e. The highest BCUT2D eigenvalue weighted by Gasteiger charge is 2.53. The zero-order valence-corrected chi connectivity index (χ0v) is 53.4. The highest BCUT2D eigenvalue weighted by atomic mass is 16.8. The molecule has 508 valence electrons. The van der Waals surface area contributed by atoms with Crippen LogP contribution in [0, 0.1) is 0 Å². The van der Waals surface area contributed by atoms with Gasteiger partial charge in [-0.3, -0.25) is 4.79 Å². The SMILES string of the molecule is CC/C=C\C/C=C\C/C=C\C/C=C\CCCCCCCCCCCCCCC(=O)NC(COC1OC(CO)C(OC2OC(CO)C(OC3OC(CO)C(O)C(O)C3O)C(O)C2O)C(O)C1O)C(O)/C=C/CC/C=C/CC/C=C/CCCCCCCCCC. The molecule has 3 aliphatic rings. The molecule has 3 rings (SSSR count). The van der Waals surface area contributed by atoms with E-state index in [1.807, 2.05) is 6.08 Å². The Balaban J connectivity index is 1.46. The standard InChI is InChI=1S/C69H119NO18/c1-3-5-7-9-11-13-15-17-19-21-23-24-25-26-27-28-29-31-33-35-37-39-41-43-45-47-57(75)70-52(53(74)46-44-42-40-38-36-34-32-30-22-20-18-16-14-12-10-8-6-4-2)51-83-67-63(81)60(78)65(55(49-72)85-67)88-69-64(82)61(79)66(56(50-73)86-69)87-68-62(80)59(77)58(76)54(48-71)84-68/h5,7,11,13,17,19,22-24,30,36,38,44,46,52-56,58-69,71-74,76-82H,3-4,6,8-10,12,14-16,18,20-21,25-29,31-35,37,39-43,45,47-51H2,1-2H3,(H,70,75)/b7-5-,13-11-,19-17-,24-23-,30-22+,38-36+,46-44+. The third-order valence-electron chi connectivity index (χ3n) is 16.4. The number of amides is 1. The number of hydrogen-bond donors (Lipinski definition) is 12. The lowest BCUT2D eigenvalue weighted by atomic mass is 9.96. The number of hydrogen-bond acceptors (Lipinski definition) is 18. The molecular formula is C69H119NO18. The van der Waals surface area contributed by atoms with Crippen molar-refractivity contribution in [2.24, 2.45) is 0 Å². The average Bonchev–Trinajstić information content (AvgIpc) is 3.70. The highest BCUT2D eigenvalue weighted by Crippen LogP contribution is 2.33. The Bertz CT molecular complexity index is 1930. The van der Waals surface area contributed by atoms with E-state index >= 15 is 0 Å². The zero-order valence-electron chi connectivity index (χ0n) is 53.4. The van der Waals surface area contributed by atoms with Crippen molar-refractivity contribution in [3.63, 3.8) is 0 Å². The summed E-state index contributed by atoms with van der Waals surface area (Å²) in [5.41, 5.74) is 0. The Hall–Kier alpha value is -3.03. The van der Waals surface area contributed by atoms with Crippen LogP contribution in [0.5, 0.6) is 0 Å². The van der Waals surface area contributed by atoms with Crippen molar-refractivity contribution in [2.75, 3.05) is 26.4 Å². The number of rotatable bonds is 50. The van der Waals surface area contributed by atoms with Crippen LogP contribution in [0.3, 0.4) is 0 Å². The van der Waals surface area contributed by atoms with Gasteiger partial charge in [0.1, 0.15) is 73.2 Å². The van der Waals surface area contributed by atoms with Crippen molar-refractivity contribution in [3.8, 4) is 0 Å². The summed E-state index contributed by atoms with van der Waals surface area (Å²) in [5, 5.41) is 120. The van der Waals surface area contributed by atoms with E-state index in [0.29, 0.717) is 12.8 Å². The number of allylic oxidation sites excluding steroid dienone is 13. The van der Waals surface area contributed by atoms with E-state index in [0.717, 1.165) is 83.5 Å². The number of ether oxygens (including phenoxy) is 6. The summed E-state index contributed by atoms with van der Waals surface area (Å²) in [6, 6.07) is -1.00. The lowest BCUT2D eigenvalue weighted by Gasteiger charge is -2.48. The van der Waals surface area contributed by atoms with Crippen molar-refractivity contribution in [3.05, 3.63) is 85.1 Å². The van der Waals surface area contributed by atoms with Crippen molar-refractivity contribution in [2.45, 2.75) is 317 Å². The minimum absolute atomic E-state index is 0.225. The molecule has 0 aromatic carbocycles. The predicted octanol–water partition coefficient (Wildman–Crippen LogP) is 8.32. The summed E-state index contributed by atoms with van der Waals surface area (Å²) in [6.07, 6.45) is 37.0. The molecule has 3 heterocycles. The number of aliphatic hydroxyl groups excluding tert-OH is 11. The molecule has 0 aliphatic carbocycles. The van der Waals surface area contributed by atoms with E-state index in [1.54, 1.807) is 6.08 Å². The summed E-state index contributed by atoms with van der Waals surface area (Å²) < 4.78 is 34.3. The second-order valence-corrected chi connectivity index (χ2v) is 23.9. The zero-order chi connectivity index (χ0) is 64.0. The van der Waals surface area contributed by atoms with Gasteiger partial charge in [0.25, 0.3) is 0 Å². The van der Waals surface area contributed by atoms with E-state index in [9.17, 15) is 61.0 Å². The largest absolute Gasteiger partial charge is 0.394 e. The van der Waals surface area contributed by atoms with Crippen LogP contribution >= 0.6 is 0 Å². The van der Waals surface area contributed by atoms with Crippen LogP contribution in [0.4, 0.5) is 0 Å². The maximum Gasteiger partial charge on any atom is 0.220 e. The quantitative estimate of drug-likeness (QED) is 0.0201. The predicted molar refractivity (Wildman–Crippen MR) is 341 cm³/mol. The van der Waals surface area contributed by atoms with Gasteiger partial charge in [0, 0.05) is 6.42 Å². The molecule has 19 heteroatoms. The summed E-state index contributed by atoms with van der Waals surface area (Å²) in [6.45, 7) is 1.58. The molecule has 3 saturated heterocycles. The van der Waals surface area contributed by atoms with Crippen LogP contribution in [0.15, 0.2) is 85.1 Å². The van der Waals surface area contributed by atoms with E-state index in [1.165, 1.54) is 96.3 Å². The van der Waals surface area contributed by atoms with Crippen LogP contribution in [-0.2, 0) is 33.2 Å². The first kappa shape index (κ1) is 79.2. The number of unbranched alkanes of at least 4 members (excludes halogenated alkanes) is 22. The topological polar surface area (TPSA) is 307 Å². The van der Waals surface area contributed by atoms with Gasteiger partial charge < -0.3 is 89.9 Å². The molecule has 3 aliphatic heterocycles. The second kappa shape index (κ2) is 50.5. The fourth-order valence-electron chi connectivity index (χ4n) is 10.9. The lowest BCUT2D eigenvalue weighted by molar-refractivity contribution is -0.379. The highest BCUT2D eigenvalue weighted by molar-refractivity contribution is 5.76. The molecule has 0 aromatic heterocycles. The fourth-order valence-corrected chi connectivity index (χ4v) is 10.9. The van der Waals surface area contributed by atoms with Gasteiger partial charge in [0.2, 0.25) is 5.91 Å². The van der Waals surface area contributed by atoms with Crippen LogP contribution < -0.4 is 5.32 Å². The monoisotopic (exact) mass is 1250 g/mol. The molecule has 0 aromatic rings. The molecule has 1 amide bonds.